The van der Waals surface area contributed by atoms with E-state index in [-0.39, 0.29) is 5.82 Å². The van der Waals surface area contributed by atoms with Crippen molar-refractivity contribution < 1.29 is 4.39 Å². The van der Waals surface area contributed by atoms with Gasteiger partial charge >= 0.3 is 0 Å². The Bertz CT molecular complexity index is 449. The van der Waals surface area contributed by atoms with Crippen molar-refractivity contribution in [1.29, 1.82) is 0 Å². The summed E-state index contributed by atoms with van der Waals surface area (Å²) in [4.78, 5) is 0. The van der Waals surface area contributed by atoms with Crippen molar-refractivity contribution in [2.75, 3.05) is 13.1 Å². The van der Waals surface area contributed by atoms with E-state index in [9.17, 15) is 4.39 Å². The van der Waals surface area contributed by atoms with Crippen LogP contribution in [-0.2, 0) is 6.42 Å². The monoisotopic (exact) mass is 355 g/mol. The zero-order valence-corrected chi connectivity index (χ0v) is 14.8. The van der Waals surface area contributed by atoms with Gasteiger partial charge in [0.1, 0.15) is 5.82 Å². The molecule has 1 fully saturated rings. The molecule has 1 nitrogen and oxygen atoms in total. The van der Waals surface area contributed by atoms with Crippen LogP contribution < -0.4 is 5.32 Å². The molecule has 1 aromatic carbocycles. The molecule has 0 bridgehead atoms. The normalized spacial score (nSPS) is 26.0. The number of hydrogen-bond donors (Lipinski definition) is 1. The van der Waals surface area contributed by atoms with Crippen LogP contribution >= 0.6 is 15.9 Å². The Labute approximate surface area is 136 Å². The highest BCUT2D eigenvalue weighted by Gasteiger charge is 2.28. The van der Waals surface area contributed by atoms with E-state index in [4.69, 9.17) is 0 Å². The van der Waals surface area contributed by atoms with E-state index in [1.807, 2.05) is 6.07 Å². The van der Waals surface area contributed by atoms with Gasteiger partial charge in [-0.3, -0.25) is 0 Å². The molecule has 1 saturated carbocycles. The van der Waals surface area contributed by atoms with Crippen molar-refractivity contribution in [1.82, 2.24) is 5.32 Å². The lowest BCUT2D eigenvalue weighted by atomic mass is 9.72. The minimum atomic E-state index is -0.127. The van der Waals surface area contributed by atoms with Gasteiger partial charge in [-0.25, -0.2) is 4.39 Å². The van der Waals surface area contributed by atoms with Crippen LogP contribution in [0.1, 0.15) is 45.1 Å². The molecule has 0 amide bonds. The largest absolute Gasteiger partial charge is 0.316 e. The van der Waals surface area contributed by atoms with E-state index in [1.54, 1.807) is 6.07 Å². The van der Waals surface area contributed by atoms with Gasteiger partial charge in [0.05, 0.1) is 0 Å². The van der Waals surface area contributed by atoms with Gasteiger partial charge in [-0.2, -0.15) is 0 Å². The van der Waals surface area contributed by atoms with Gasteiger partial charge in [0.2, 0.25) is 0 Å². The average molecular weight is 356 g/mol. The Kier molecular flexibility index (Phi) is 6.69. The topological polar surface area (TPSA) is 12.0 Å². The lowest BCUT2D eigenvalue weighted by molar-refractivity contribution is 0.183. The highest BCUT2D eigenvalue weighted by molar-refractivity contribution is 9.10. The molecule has 0 heterocycles. The predicted molar refractivity (Wildman–Crippen MR) is 91.0 cm³/mol. The SMILES string of the molecule is CCCNCC1CCC(C)CC1Cc1cc(F)ccc1Br. The lowest BCUT2D eigenvalue weighted by Gasteiger charge is -2.35. The lowest BCUT2D eigenvalue weighted by Crippen LogP contribution is -2.34. The van der Waals surface area contributed by atoms with Crippen LogP contribution in [-0.4, -0.2) is 13.1 Å². The molecule has 1 aliphatic carbocycles. The smallest absolute Gasteiger partial charge is 0.123 e. The van der Waals surface area contributed by atoms with Crippen LogP contribution in [0.4, 0.5) is 4.39 Å². The second-order valence-electron chi connectivity index (χ2n) is 6.58. The Hall–Kier alpha value is -0.410. The minimum absolute atomic E-state index is 0.127. The Morgan fingerprint density at radius 3 is 2.86 bits per heavy atom. The Morgan fingerprint density at radius 1 is 1.29 bits per heavy atom. The number of hydrogen-bond acceptors (Lipinski definition) is 1. The fraction of sp³-hybridized carbons (Fsp3) is 0.667. The molecule has 0 spiro atoms. The molecular formula is C18H27BrFN. The first-order chi connectivity index (χ1) is 10.1. The summed E-state index contributed by atoms with van der Waals surface area (Å²) in [7, 11) is 0. The van der Waals surface area contributed by atoms with Crippen molar-refractivity contribution >= 4 is 15.9 Å². The second-order valence-corrected chi connectivity index (χ2v) is 7.44. The van der Waals surface area contributed by atoms with Crippen molar-refractivity contribution in [3.63, 3.8) is 0 Å². The molecule has 0 aliphatic heterocycles. The molecule has 118 valence electrons. The first-order valence-electron chi connectivity index (χ1n) is 8.24. The van der Waals surface area contributed by atoms with Crippen molar-refractivity contribution in [3.05, 3.63) is 34.1 Å². The highest BCUT2D eigenvalue weighted by atomic mass is 79.9. The molecule has 21 heavy (non-hydrogen) atoms. The summed E-state index contributed by atoms with van der Waals surface area (Å²) in [6.07, 6.45) is 6.07. The van der Waals surface area contributed by atoms with Gasteiger partial charge in [0, 0.05) is 4.47 Å². The maximum absolute atomic E-state index is 13.5. The molecule has 0 radical (unpaired) electrons. The molecule has 3 atom stereocenters. The standard InChI is InChI=1S/C18H27BrFN/c1-3-8-21-12-14-5-4-13(2)9-15(14)10-16-11-17(20)6-7-18(16)19/h6-7,11,13-15,21H,3-5,8-10,12H2,1-2H3. The third-order valence-corrected chi connectivity index (χ3v) is 5.50. The summed E-state index contributed by atoms with van der Waals surface area (Å²) in [5, 5.41) is 3.58. The molecular weight excluding hydrogens is 329 g/mol. The maximum atomic E-state index is 13.5. The zero-order chi connectivity index (χ0) is 15.2. The molecule has 1 aromatic rings. The summed E-state index contributed by atoms with van der Waals surface area (Å²) >= 11 is 3.57. The molecule has 3 unspecified atom stereocenters. The number of rotatable bonds is 6. The predicted octanol–water partition coefficient (Wildman–Crippen LogP) is 5.18. The highest BCUT2D eigenvalue weighted by Crippen LogP contribution is 2.36. The van der Waals surface area contributed by atoms with E-state index in [2.05, 4.69) is 35.1 Å². The van der Waals surface area contributed by atoms with Gasteiger partial charge < -0.3 is 5.32 Å². The Balaban J connectivity index is 2.03. The van der Waals surface area contributed by atoms with Crippen LogP contribution in [0.2, 0.25) is 0 Å². The van der Waals surface area contributed by atoms with Crippen molar-refractivity contribution in [2.24, 2.45) is 17.8 Å². The first kappa shape index (κ1) is 17.0. The number of benzene rings is 1. The van der Waals surface area contributed by atoms with E-state index in [0.717, 1.165) is 41.4 Å². The summed E-state index contributed by atoms with van der Waals surface area (Å²) < 4.78 is 14.5. The quantitative estimate of drug-likeness (QED) is 0.693. The molecule has 3 heteroatoms. The van der Waals surface area contributed by atoms with Gasteiger partial charge in [-0.05, 0) is 80.3 Å². The first-order valence-corrected chi connectivity index (χ1v) is 9.04. The molecule has 1 aliphatic rings. The number of nitrogens with one attached hydrogen (secondary N) is 1. The third kappa shape index (κ3) is 5.07. The summed E-state index contributed by atoms with van der Waals surface area (Å²) in [5.41, 5.74) is 1.12. The molecule has 0 saturated heterocycles. The minimum Gasteiger partial charge on any atom is -0.316 e. The van der Waals surface area contributed by atoms with E-state index in [1.165, 1.54) is 31.7 Å². The number of halogens is 2. The van der Waals surface area contributed by atoms with Crippen LogP contribution in [0.5, 0.6) is 0 Å². The van der Waals surface area contributed by atoms with Crippen LogP contribution in [0.15, 0.2) is 22.7 Å². The van der Waals surface area contributed by atoms with Gasteiger partial charge in [0.25, 0.3) is 0 Å². The molecule has 2 rings (SSSR count). The summed E-state index contributed by atoms with van der Waals surface area (Å²) in [6, 6.07) is 5.05. The van der Waals surface area contributed by atoms with Gasteiger partial charge in [-0.15, -0.1) is 0 Å². The van der Waals surface area contributed by atoms with Gasteiger partial charge in [-0.1, -0.05) is 36.2 Å². The van der Waals surface area contributed by atoms with Crippen molar-refractivity contribution in [3.8, 4) is 0 Å². The fourth-order valence-corrected chi connectivity index (χ4v) is 3.94. The van der Waals surface area contributed by atoms with E-state index >= 15 is 0 Å². The van der Waals surface area contributed by atoms with E-state index < -0.39 is 0 Å². The van der Waals surface area contributed by atoms with Crippen molar-refractivity contribution in [2.45, 2.75) is 46.0 Å². The van der Waals surface area contributed by atoms with Crippen LogP contribution in [0, 0.1) is 23.6 Å². The third-order valence-electron chi connectivity index (χ3n) is 4.73. The maximum Gasteiger partial charge on any atom is 0.123 e. The fourth-order valence-electron chi connectivity index (χ4n) is 3.53. The van der Waals surface area contributed by atoms with Gasteiger partial charge in [0.15, 0.2) is 0 Å². The molecule has 0 aromatic heterocycles. The zero-order valence-electron chi connectivity index (χ0n) is 13.2. The van der Waals surface area contributed by atoms with Crippen LogP contribution in [0.3, 0.4) is 0 Å². The molecule has 1 N–H and O–H groups in total. The van der Waals surface area contributed by atoms with Crippen LogP contribution in [0.25, 0.3) is 0 Å². The second kappa shape index (κ2) is 8.28. The summed E-state index contributed by atoms with van der Waals surface area (Å²) in [5.74, 6) is 2.06. The summed E-state index contributed by atoms with van der Waals surface area (Å²) in [6.45, 7) is 6.77. The van der Waals surface area contributed by atoms with E-state index in [0.29, 0.717) is 5.92 Å². The Morgan fingerprint density at radius 2 is 2.10 bits per heavy atom. The average Bonchev–Trinajstić information content (AvgIpc) is 2.45.